The Hall–Kier alpha value is -1.55. The Bertz CT molecular complexity index is 438. The van der Waals surface area contributed by atoms with Gasteiger partial charge in [0.25, 0.3) is 0 Å². The third-order valence-electron chi connectivity index (χ3n) is 3.98. The van der Waals surface area contributed by atoms with Crippen molar-refractivity contribution in [1.82, 2.24) is 0 Å². The highest BCUT2D eigenvalue weighted by Gasteiger charge is 2.19. The van der Waals surface area contributed by atoms with Gasteiger partial charge in [0.2, 0.25) is 0 Å². The normalized spacial score (nSPS) is 17.2. The van der Waals surface area contributed by atoms with Gasteiger partial charge in [-0.2, -0.15) is 0 Å². The van der Waals surface area contributed by atoms with E-state index in [2.05, 4.69) is 0 Å². The second-order valence-electron chi connectivity index (χ2n) is 5.84. The molecule has 2 rings (SSSR count). The number of esters is 1. The molecule has 1 aliphatic heterocycles. The molecular formula is C17H26NO3+. The maximum absolute atomic E-state index is 12.0. The highest BCUT2D eigenvalue weighted by Crippen LogP contribution is 2.12. The molecule has 4 heteroatoms. The standard InChI is InChI=1S/C17H25NO3/c1-14(13-18-10-4-3-5-11-18)21-17(19)12-15-6-8-16(20-2)9-7-15/h6-9,14H,3-5,10-13H2,1-2H3/p+1/t14-/m0/s1. The topological polar surface area (TPSA) is 40.0 Å². The molecule has 116 valence electrons. The second-order valence-corrected chi connectivity index (χ2v) is 5.84. The summed E-state index contributed by atoms with van der Waals surface area (Å²) in [6.45, 7) is 5.34. The number of ether oxygens (including phenoxy) is 2. The summed E-state index contributed by atoms with van der Waals surface area (Å²) in [6.07, 6.45) is 4.24. The summed E-state index contributed by atoms with van der Waals surface area (Å²) in [5.41, 5.74) is 0.957. The van der Waals surface area contributed by atoms with Crippen LogP contribution < -0.4 is 9.64 Å². The number of carbonyl (C=O) groups is 1. The first-order valence-corrected chi connectivity index (χ1v) is 7.83. The van der Waals surface area contributed by atoms with E-state index in [0.717, 1.165) is 17.9 Å². The zero-order chi connectivity index (χ0) is 15.1. The maximum Gasteiger partial charge on any atom is 0.310 e. The van der Waals surface area contributed by atoms with Gasteiger partial charge in [0.1, 0.15) is 18.4 Å². The van der Waals surface area contributed by atoms with Crippen molar-refractivity contribution in [1.29, 1.82) is 0 Å². The molecule has 0 saturated carbocycles. The third kappa shape index (κ3) is 5.38. The van der Waals surface area contributed by atoms with E-state index < -0.39 is 0 Å². The van der Waals surface area contributed by atoms with Crippen LogP contribution in [0.3, 0.4) is 0 Å². The van der Waals surface area contributed by atoms with E-state index in [-0.39, 0.29) is 12.1 Å². The Morgan fingerprint density at radius 2 is 1.86 bits per heavy atom. The van der Waals surface area contributed by atoms with Gasteiger partial charge in [0, 0.05) is 0 Å². The minimum atomic E-state index is -0.149. The van der Waals surface area contributed by atoms with E-state index in [1.165, 1.54) is 32.4 Å². The highest BCUT2D eigenvalue weighted by atomic mass is 16.5. The molecular weight excluding hydrogens is 266 g/mol. The number of nitrogens with one attached hydrogen (secondary N) is 1. The maximum atomic E-state index is 12.0. The van der Waals surface area contributed by atoms with Gasteiger partial charge < -0.3 is 14.4 Å². The zero-order valence-electron chi connectivity index (χ0n) is 13.1. The van der Waals surface area contributed by atoms with Crippen LogP contribution in [0.2, 0.25) is 0 Å². The van der Waals surface area contributed by atoms with Crippen LogP contribution in [0.1, 0.15) is 31.7 Å². The van der Waals surface area contributed by atoms with Crippen molar-refractivity contribution in [3.8, 4) is 5.75 Å². The Morgan fingerprint density at radius 1 is 1.19 bits per heavy atom. The number of hydrogen-bond donors (Lipinski definition) is 1. The number of benzene rings is 1. The first-order chi connectivity index (χ1) is 10.2. The number of hydrogen-bond acceptors (Lipinski definition) is 3. The molecule has 0 bridgehead atoms. The van der Waals surface area contributed by atoms with Crippen molar-refractivity contribution in [3.63, 3.8) is 0 Å². The van der Waals surface area contributed by atoms with Crippen LogP contribution in [0.5, 0.6) is 5.75 Å². The number of piperidine rings is 1. The lowest BCUT2D eigenvalue weighted by molar-refractivity contribution is -0.907. The number of methoxy groups -OCH3 is 1. The predicted molar refractivity (Wildman–Crippen MR) is 81.7 cm³/mol. The minimum Gasteiger partial charge on any atom is -0.497 e. The van der Waals surface area contributed by atoms with Gasteiger partial charge in [0.15, 0.2) is 0 Å². The Morgan fingerprint density at radius 3 is 2.48 bits per heavy atom. The molecule has 1 aromatic rings. The van der Waals surface area contributed by atoms with Gasteiger partial charge in [-0.25, -0.2) is 0 Å². The SMILES string of the molecule is COc1ccc(CC(=O)O[C@@H](C)C[NH+]2CCCCC2)cc1. The lowest BCUT2D eigenvalue weighted by Crippen LogP contribution is -3.13. The van der Waals surface area contributed by atoms with Gasteiger partial charge in [0.05, 0.1) is 26.6 Å². The summed E-state index contributed by atoms with van der Waals surface area (Å²) >= 11 is 0. The summed E-state index contributed by atoms with van der Waals surface area (Å²) < 4.78 is 10.6. The van der Waals surface area contributed by atoms with Crippen molar-refractivity contribution in [3.05, 3.63) is 29.8 Å². The molecule has 0 radical (unpaired) electrons. The van der Waals surface area contributed by atoms with E-state index in [9.17, 15) is 4.79 Å². The molecule has 1 heterocycles. The van der Waals surface area contributed by atoms with Crippen LogP contribution in [0, 0.1) is 0 Å². The zero-order valence-corrected chi connectivity index (χ0v) is 13.1. The Labute approximate surface area is 127 Å². The molecule has 0 amide bonds. The molecule has 1 N–H and O–H groups in total. The molecule has 0 aromatic heterocycles. The molecule has 0 spiro atoms. The van der Waals surface area contributed by atoms with E-state index in [4.69, 9.17) is 9.47 Å². The average Bonchev–Trinajstić information content (AvgIpc) is 2.48. The summed E-state index contributed by atoms with van der Waals surface area (Å²) in [7, 11) is 1.63. The molecule has 1 saturated heterocycles. The van der Waals surface area contributed by atoms with Crippen LogP contribution in [-0.2, 0) is 16.0 Å². The molecule has 21 heavy (non-hydrogen) atoms. The summed E-state index contributed by atoms with van der Waals surface area (Å²) in [5.74, 6) is 0.651. The third-order valence-corrected chi connectivity index (χ3v) is 3.98. The molecule has 1 fully saturated rings. The summed E-state index contributed by atoms with van der Waals surface area (Å²) in [5, 5.41) is 0. The lowest BCUT2D eigenvalue weighted by atomic mass is 10.1. The van der Waals surface area contributed by atoms with Gasteiger partial charge in [-0.1, -0.05) is 12.1 Å². The van der Waals surface area contributed by atoms with E-state index >= 15 is 0 Å². The smallest absolute Gasteiger partial charge is 0.310 e. The predicted octanol–water partition coefficient (Wildman–Crippen LogP) is 1.24. The van der Waals surface area contributed by atoms with Crippen molar-refractivity contribution in [2.45, 2.75) is 38.7 Å². The van der Waals surface area contributed by atoms with Crippen LogP contribution >= 0.6 is 0 Å². The van der Waals surface area contributed by atoms with Gasteiger partial charge in [-0.05, 0) is 43.9 Å². The number of rotatable bonds is 6. The molecule has 4 nitrogen and oxygen atoms in total. The lowest BCUT2D eigenvalue weighted by Gasteiger charge is -2.26. The first kappa shape index (κ1) is 15.8. The first-order valence-electron chi connectivity index (χ1n) is 7.83. The minimum absolute atomic E-state index is 0.0103. The Balaban J connectivity index is 1.74. The average molecular weight is 292 g/mol. The molecule has 0 aliphatic carbocycles. The van der Waals surface area contributed by atoms with E-state index in [0.29, 0.717) is 6.42 Å². The largest absolute Gasteiger partial charge is 0.497 e. The van der Waals surface area contributed by atoms with E-state index in [1.54, 1.807) is 12.0 Å². The van der Waals surface area contributed by atoms with Crippen LogP contribution in [0.25, 0.3) is 0 Å². The molecule has 1 atom stereocenters. The quantitative estimate of drug-likeness (QED) is 0.802. The number of carbonyl (C=O) groups excluding carboxylic acids is 1. The fourth-order valence-corrected chi connectivity index (χ4v) is 2.88. The second kappa shape index (κ2) is 8.03. The molecule has 1 aliphatic rings. The monoisotopic (exact) mass is 292 g/mol. The number of likely N-dealkylation sites (tertiary alicyclic amines) is 1. The van der Waals surface area contributed by atoms with Crippen molar-refractivity contribution in [2.75, 3.05) is 26.7 Å². The van der Waals surface area contributed by atoms with Crippen LogP contribution in [-0.4, -0.2) is 38.8 Å². The van der Waals surface area contributed by atoms with Gasteiger partial charge in [-0.15, -0.1) is 0 Å². The molecule has 1 aromatic carbocycles. The summed E-state index contributed by atoms with van der Waals surface area (Å²) in [4.78, 5) is 13.5. The number of quaternary nitrogens is 1. The fourth-order valence-electron chi connectivity index (χ4n) is 2.88. The van der Waals surface area contributed by atoms with Crippen molar-refractivity contribution >= 4 is 5.97 Å². The fraction of sp³-hybridized carbons (Fsp3) is 0.588. The van der Waals surface area contributed by atoms with Gasteiger partial charge >= 0.3 is 5.97 Å². The summed E-state index contributed by atoms with van der Waals surface area (Å²) in [6, 6.07) is 7.54. The van der Waals surface area contributed by atoms with Crippen molar-refractivity contribution < 1.29 is 19.2 Å². The van der Waals surface area contributed by atoms with Crippen LogP contribution in [0.15, 0.2) is 24.3 Å². The molecule has 0 unspecified atom stereocenters. The van der Waals surface area contributed by atoms with Crippen molar-refractivity contribution in [2.24, 2.45) is 0 Å². The van der Waals surface area contributed by atoms with Gasteiger partial charge in [-0.3, -0.25) is 4.79 Å². The Kier molecular flexibility index (Phi) is 6.05. The van der Waals surface area contributed by atoms with Crippen LogP contribution in [0.4, 0.5) is 0 Å². The highest BCUT2D eigenvalue weighted by molar-refractivity contribution is 5.72. The van der Waals surface area contributed by atoms with E-state index in [1.807, 2.05) is 31.2 Å².